The van der Waals surface area contributed by atoms with Gasteiger partial charge in [-0.1, -0.05) is 35.9 Å². The predicted octanol–water partition coefficient (Wildman–Crippen LogP) is 4.44. The first-order valence-corrected chi connectivity index (χ1v) is 9.14. The molecule has 0 aliphatic heterocycles. The van der Waals surface area contributed by atoms with Crippen LogP contribution < -0.4 is 15.4 Å². The van der Waals surface area contributed by atoms with Crippen molar-refractivity contribution in [3.63, 3.8) is 0 Å². The molecule has 0 radical (unpaired) electrons. The topological polar surface area (TPSA) is 63.2 Å². The molecule has 0 aliphatic rings. The number of aromatic nitrogens is 1. The monoisotopic (exact) mass is 367 g/mol. The molecular formula is C20H21N3O2S. The molecule has 6 heteroatoms. The van der Waals surface area contributed by atoms with E-state index < -0.39 is 0 Å². The Bertz CT molecular complexity index is 921. The lowest BCUT2D eigenvalue weighted by molar-refractivity contribution is 0.0946. The fourth-order valence-electron chi connectivity index (χ4n) is 2.62. The van der Waals surface area contributed by atoms with Crippen molar-refractivity contribution in [1.82, 2.24) is 10.3 Å². The van der Waals surface area contributed by atoms with Crippen molar-refractivity contribution >= 4 is 28.1 Å². The predicted molar refractivity (Wildman–Crippen MR) is 105 cm³/mol. The molecule has 26 heavy (non-hydrogen) atoms. The number of amides is 1. The third-order valence-corrected chi connectivity index (χ3v) is 4.75. The van der Waals surface area contributed by atoms with Crippen LogP contribution >= 0.6 is 11.3 Å². The lowest BCUT2D eigenvalue weighted by Crippen LogP contribution is -2.23. The number of ether oxygens (including phenoxy) is 1. The van der Waals surface area contributed by atoms with Crippen molar-refractivity contribution in [2.45, 2.75) is 20.4 Å². The van der Waals surface area contributed by atoms with E-state index in [0.717, 1.165) is 22.6 Å². The van der Waals surface area contributed by atoms with E-state index >= 15 is 0 Å². The minimum absolute atomic E-state index is 0.208. The van der Waals surface area contributed by atoms with Crippen LogP contribution in [0.5, 0.6) is 5.75 Å². The molecule has 2 N–H and O–H groups in total. The molecule has 3 rings (SSSR count). The third-order valence-electron chi connectivity index (χ3n) is 3.99. The van der Waals surface area contributed by atoms with Crippen molar-refractivity contribution in [2.24, 2.45) is 0 Å². The number of rotatable bonds is 6. The number of para-hydroxylation sites is 1. The maximum Gasteiger partial charge on any atom is 0.271 e. The second kappa shape index (κ2) is 8.01. The quantitative estimate of drug-likeness (QED) is 0.676. The number of hydrogen-bond acceptors (Lipinski definition) is 5. The first-order chi connectivity index (χ1) is 12.6. The molecule has 0 bridgehead atoms. The zero-order valence-corrected chi connectivity index (χ0v) is 15.8. The van der Waals surface area contributed by atoms with Crippen LogP contribution in [0.25, 0.3) is 0 Å². The molecule has 0 spiro atoms. The minimum atomic E-state index is -0.208. The molecule has 0 unspecified atom stereocenters. The van der Waals surface area contributed by atoms with Crippen LogP contribution in [0.15, 0.2) is 47.8 Å². The smallest absolute Gasteiger partial charge is 0.271 e. The van der Waals surface area contributed by atoms with Gasteiger partial charge in [-0.2, -0.15) is 0 Å². The minimum Gasteiger partial charge on any atom is -0.496 e. The maximum atomic E-state index is 12.4. The summed E-state index contributed by atoms with van der Waals surface area (Å²) in [5, 5.41) is 8.60. The number of aryl methyl sites for hydroxylation is 2. The Morgan fingerprint density at radius 1 is 1.19 bits per heavy atom. The number of anilines is 2. The van der Waals surface area contributed by atoms with Crippen molar-refractivity contribution in [1.29, 1.82) is 0 Å². The summed E-state index contributed by atoms with van der Waals surface area (Å²) in [7, 11) is 1.62. The third kappa shape index (κ3) is 4.21. The molecule has 0 aliphatic carbocycles. The van der Waals surface area contributed by atoms with Gasteiger partial charge >= 0.3 is 0 Å². The summed E-state index contributed by atoms with van der Waals surface area (Å²) in [5.41, 5.74) is 4.67. The second-order valence-corrected chi connectivity index (χ2v) is 6.83. The highest BCUT2D eigenvalue weighted by Crippen LogP contribution is 2.24. The number of benzene rings is 2. The van der Waals surface area contributed by atoms with E-state index in [-0.39, 0.29) is 5.91 Å². The highest BCUT2D eigenvalue weighted by molar-refractivity contribution is 7.14. The Kier molecular flexibility index (Phi) is 5.53. The number of nitrogens with zero attached hydrogens (tertiary/aromatic N) is 1. The van der Waals surface area contributed by atoms with Gasteiger partial charge in [0, 0.05) is 23.2 Å². The van der Waals surface area contributed by atoms with Crippen LogP contribution in [0.1, 0.15) is 27.2 Å². The van der Waals surface area contributed by atoms with E-state index in [2.05, 4.69) is 28.6 Å². The number of nitrogens with one attached hydrogen (secondary N) is 2. The van der Waals surface area contributed by atoms with E-state index in [9.17, 15) is 4.79 Å². The summed E-state index contributed by atoms with van der Waals surface area (Å²) in [6, 6.07) is 13.8. The standard InChI is InChI=1S/C20H21N3O2S/c1-13-8-9-16(14(2)10-13)22-20-23-17(12-26-20)19(24)21-11-15-6-4-5-7-18(15)25-3/h4-10,12H,11H2,1-3H3,(H,21,24)(H,22,23). The van der Waals surface area contributed by atoms with Crippen molar-refractivity contribution in [3.05, 3.63) is 70.2 Å². The van der Waals surface area contributed by atoms with Crippen LogP contribution in [0.3, 0.4) is 0 Å². The molecule has 1 heterocycles. The Hall–Kier alpha value is -2.86. The summed E-state index contributed by atoms with van der Waals surface area (Å²) in [6.45, 7) is 4.49. The van der Waals surface area contributed by atoms with Crippen LogP contribution in [0.2, 0.25) is 0 Å². The normalized spacial score (nSPS) is 10.4. The fraction of sp³-hybridized carbons (Fsp3) is 0.200. The maximum absolute atomic E-state index is 12.4. The molecular weight excluding hydrogens is 346 g/mol. The number of carbonyl (C=O) groups excluding carboxylic acids is 1. The van der Waals surface area contributed by atoms with Gasteiger partial charge in [-0.25, -0.2) is 4.98 Å². The van der Waals surface area contributed by atoms with Gasteiger partial charge in [0.25, 0.3) is 5.91 Å². The molecule has 1 amide bonds. The van der Waals surface area contributed by atoms with Gasteiger partial charge in [0.05, 0.1) is 7.11 Å². The average molecular weight is 367 g/mol. The molecule has 5 nitrogen and oxygen atoms in total. The van der Waals surface area contributed by atoms with Gasteiger partial charge in [-0.15, -0.1) is 11.3 Å². The highest BCUT2D eigenvalue weighted by Gasteiger charge is 2.12. The van der Waals surface area contributed by atoms with E-state index in [1.54, 1.807) is 12.5 Å². The Morgan fingerprint density at radius 2 is 2.00 bits per heavy atom. The molecule has 3 aromatic rings. The molecule has 0 saturated carbocycles. The Balaban J connectivity index is 1.64. The number of hydrogen-bond donors (Lipinski definition) is 2. The SMILES string of the molecule is COc1ccccc1CNC(=O)c1csc(Nc2ccc(C)cc2C)n1. The summed E-state index contributed by atoms with van der Waals surface area (Å²) >= 11 is 1.41. The fourth-order valence-corrected chi connectivity index (χ4v) is 3.32. The summed E-state index contributed by atoms with van der Waals surface area (Å²) in [5.74, 6) is 0.545. The first kappa shape index (κ1) is 17.9. The van der Waals surface area contributed by atoms with Gasteiger partial charge in [0.1, 0.15) is 11.4 Å². The van der Waals surface area contributed by atoms with Gasteiger partial charge in [-0.3, -0.25) is 4.79 Å². The molecule has 0 atom stereocenters. The number of thiazole rings is 1. The van der Waals surface area contributed by atoms with E-state index in [4.69, 9.17) is 4.74 Å². The molecule has 0 fully saturated rings. The number of carbonyl (C=O) groups is 1. The molecule has 2 aromatic carbocycles. The molecule has 134 valence electrons. The van der Waals surface area contributed by atoms with Crippen LogP contribution in [0.4, 0.5) is 10.8 Å². The van der Waals surface area contributed by atoms with Gasteiger partial charge < -0.3 is 15.4 Å². The van der Waals surface area contributed by atoms with E-state index in [1.165, 1.54) is 16.9 Å². The zero-order chi connectivity index (χ0) is 18.5. The Morgan fingerprint density at radius 3 is 2.77 bits per heavy atom. The van der Waals surface area contributed by atoms with Gasteiger partial charge in [-0.05, 0) is 31.5 Å². The van der Waals surface area contributed by atoms with Gasteiger partial charge in [0.15, 0.2) is 5.13 Å². The van der Waals surface area contributed by atoms with E-state index in [0.29, 0.717) is 17.4 Å². The van der Waals surface area contributed by atoms with Crippen LogP contribution in [0, 0.1) is 13.8 Å². The summed E-state index contributed by atoms with van der Waals surface area (Å²) in [6.07, 6.45) is 0. The molecule has 1 aromatic heterocycles. The van der Waals surface area contributed by atoms with Crippen LogP contribution in [-0.4, -0.2) is 18.0 Å². The summed E-state index contributed by atoms with van der Waals surface area (Å²) in [4.78, 5) is 16.7. The van der Waals surface area contributed by atoms with Crippen LogP contribution in [-0.2, 0) is 6.54 Å². The van der Waals surface area contributed by atoms with Crippen molar-refractivity contribution < 1.29 is 9.53 Å². The molecule has 0 saturated heterocycles. The van der Waals surface area contributed by atoms with Crippen molar-refractivity contribution in [3.8, 4) is 5.75 Å². The van der Waals surface area contributed by atoms with Gasteiger partial charge in [0.2, 0.25) is 0 Å². The first-order valence-electron chi connectivity index (χ1n) is 8.26. The van der Waals surface area contributed by atoms with Crippen molar-refractivity contribution in [2.75, 3.05) is 12.4 Å². The second-order valence-electron chi connectivity index (χ2n) is 5.98. The Labute approximate surface area is 157 Å². The lowest BCUT2D eigenvalue weighted by atomic mass is 10.1. The average Bonchev–Trinajstić information content (AvgIpc) is 3.11. The highest BCUT2D eigenvalue weighted by atomic mass is 32.1. The zero-order valence-electron chi connectivity index (χ0n) is 15.0. The summed E-state index contributed by atoms with van der Waals surface area (Å²) < 4.78 is 5.30. The largest absolute Gasteiger partial charge is 0.496 e. The van der Waals surface area contributed by atoms with E-state index in [1.807, 2.05) is 43.3 Å². The number of methoxy groups -OCH3 is 1. The lowest BCUT2D eigenvalue weighted by Gasteiger charge is -2.09.